The molecule has 0 aliphatic carbocycles. The lowest BCUT2D eigenvalue weighted by atomic mass is 9.96. The highest BCUT2D eigenvalue weighted by Gasteiger charge is 2.22. The average Bonchev–Trinajstić information content (AvgIpc) is 2.46. The van der Waals surface area contributed by atoms with Gasteiger partial charge < -0.3 is 5.32 Å². The second-order valence-corrected chi connectivity index (χ2v) is 5.27. The van der Waals surface area contributed by atoms with Crippen molar-refractivity contribution in [3.05, 3.63) is 70.8 Å². The maximum absolute atomic E-state index is 12.7. The fourth-order valence-electron chi connectivity index (χ4n) is 2.15. The van der Waals surface area contributed by atoms with Crippen LogP contribution in [0.5, 0.6) is 0 Å². The third kappa shape index (κ3) is 3.78. The van der Waals surface area contributed by atoms with Gasteiger partial charge in [-0.15, -0.1) is 0 Å². The smallest absolute Gasteiger partial charge is 0.217 e. The Morgan fingerprint density at radius 1 is 0.857 bits per heavy atom. The number of amides is 1. The number of hydrogen-bond acceptors (Lipinski definition) is 2. The molecule has 0 aromatic heterocycles. The van der Waals surface area contributed by atoms with Gasteiger partial charge in [0.05, 0.1) is 0 Å². The first-order chi connectivity index (χ1) is 9.97. The van der Waals surface area contributed by atoms with E-state index >= 15 is 0 Å². The fraction of sp³-hybridized carbons (Fsp3) is 0.222. The number of ketones is 1. The zero-order valence-corrected chi connectivity index (χ0v) is 12.5. The maximum Gasteiger partial charge on any atom is 0.217 e. The van der Waals surface area contributed by atoms with E-state index in [0.29, 0.717) is 5.56 Å². The van der Waals surface area contributed by atoms with Crippen LogP contribution in [0.25, 0.3) is 0 Å². The van der Waals surface area contributed by atoms with E-state index in [1.807, 2.05) is 50.2 Å². The first kappa shape index (κ1) is 15.0. The first-order valence-corrected chi connectivity index (χ1v) is 6.92. The van der Waals surface area contributed by atoms with E-state index in [4.69, 9.17) is 0 Å². The molecule has 21 heavy (non-hydrogen) atoms. The summed E-state index contributed by atoms with van der Waals surface area (Å²) in [7, 11) is 0. The molecule has 0 radical (unpaired) electrons. The van der Waals surface area contributed by atoms with Crippen LogP contribution in [-0.2, 0) is 4.79 Å². The van der Waals surface area contributed by atoms with Crippen molar-refractivity contribution >= 4 is 11.7 Å². The van der Waals surface area contributed by atoms with Gasteiger partial charge in [0.25, 0.3) is 0 Å². The van der Waals surface area contributed by atoms with E-state index in [1.54, 1.807) is 12.1 Å². The van der Waals surface area contributed by atoms with Crippen molar-refractivity contribution in [2.24, 2.45) is 0 Å². The quantitative estimate of drug-likeness (QED) is 0.873. The minimum Gasteiger partial charge on any atom is -0.342 e. The van der Waals surface area contributed by atoms with E-state index in [2.05, 4.69) is 5.32 Å². The summed E-state index contributed by atoms with van der Waals surface area (Å²) in [6.45, 7) is 5.38. The molecule has 0 bridgehead atoms. The monoisotopic (exact) mass is 281 g/mol. The Morgan fingerprint density at radius 3 is 1.81 bits per heavy atom. The normalized spacial score (nSPS) is 11.8. The van der Waals surface area contributed by atoms with Crippen molar-refractivity contribution in [1.29, 1.82) is 0 Å². The van der Waals surface area contributed by atoms with Crippen LogP contribution >= 0.6 is 0 Å². The number of nitrogens with one attached hydrogen (secondary N) is 1. The van der Waals surface area contributed by atoms with E-state index < -0.39 is 6.04 Å². The summed E-state index contributed by atoms with van der Waals surface area (Å²) in [6.07, 6.45) is 0. The molecule has 0 saturated heterocycles. The van der Waals surface area contributed by atoms with Crippen molar-refractivity contribution in [2.75, 3.05) is 0 Å². The van der Waals surface area contributed by atoms with E-state index in [9.17, 15) is 9.59 Å². The average molecular weight is 281 g/mol. The summed E-state index contributed by atoms with van der Waals surface area (Å²) in [5.74, 6) is -0.324. The Balaban J connectivity index is 2.35. The Bertz CT molecular complexity index is 642. The van der Waals surface area contributed by atoms with Crippen molar-refractivity contribution in [2.45, 2.75) is 26.8 Å². The van der Waals surface area contributed by atoms with Crippen LogP contribution in [0.1, 0.15) is 40.0 Å². The third-order valence-corrected chi connectivity index (χ3v) is 3.36. The molecule has 3 heteroatoms. The lowest BCUT2D eigenvalue weighted by Crippen LogP contribution is -2.32. The van der Waals surface area contributed by atoms with Gasteiger partial charge in [0, 0.05) is 12.5 Å². The number of carbonyl (C=O) groups excluding carboxylic acids is 2. The molecular weight excluding hydrogens is 262 g/mol. The number of aryl methyl sites for hydroxylation is 2. The van der Waals surface area contributed by atoms with Gasteiger partial charge in [0.2, 0.25) is 5.91 Å². The molecule has 0 aliphatic heterocycles. The van der Waals surface area contributed by atoms with Gasteiger partial charge in [-0.3, -0.25) is 9.59 Å². The first-order valence-electron chi connectivity index (χ1n) is 6.92. The van der Waals surface area contributed by atoms with E-state index in [0.717, 1.165) is 16.7 Å². The van der Waals surface area contributed by atoms with Crippen LogP contribution in [0, 0.1) is 13.8 Å². The van der Waals surface area contributed by atoms with Crippen LogP contribution in [0.4, 0.5) is 0 Å². The van der Waals surface area contributed by atoms with Crippen LogP contribution in [0.15, 0.2) is 48.5 Å². The van der Waals surface area contributed by atoms with Crippen molar-refractivity contribution in [1.82, 2.24) is 5.32 Å². The number of hydrogen-bond donors (Lipinski definition) is 1. The molecule has 0 aliphatic rings. The summed E-state index contributed by atoms with van der Waals surface area (Å²) in [6, 6.07) is 14.4. The minimum atomic E-state index is -0.647. The fourth-order valence-corrected chi connectivity index (χ4v) is 2.15. The van der Waals surface area contributed by atoms with Gasteiger partial charge in [-0.25, -0.2) is 0 Å². The summed E-state index contributed by atoms with van der Waals surface area (Å²) in [4.78, 5) is 24.1. The Hall–Kier alpha value is -2.42. The SMILES string of the molecule is CC(=O)NC(C(=O)c1ccc(C)cc1)c1ccc(C)cc1. The van der Waals surface area contributed by atoms with Gasteiger partial charge >= 0.3 is 0 Å². The predicted molar refractivity (Wildman–Crippen MR) is 83.2 cm³/mol. The Morgan fingerprint density at radius 2 is 1.33 bits per heavy atom. The predicted octanol–water partition coefficient (Wildman–Crippen LogP) is 3.36. The molecule has 1 unspecified atom stereocenters. The maximum atomic E-state index is 12.7. The van der Waals surface area contributed by atoms with Gasteiger partial charge in [-0.1, -0.05) is 59.7 Å². The number of carbonyl (C=O) groups is 2. The van der Waals surface area contributed by atoms with Crippen LogP contribution < -0.4 is 5.32 Å². The molecule has 0 fully saturated rings. The molecule has 2 rings (SSSR count). The number of rotatable bonds is 4. The second-order valence-electron chi connectivity index (χ2n) is 5.27. The highest BCUT2D eigenvalue weighted by molar-refractivity contribution is 6.02. The van der Waals surface area contributed by atoms with Crippen LogP contribution in [0.3, 0.4) is 0 Å². The molecule has 108 valence electrons. The summed E-state index contributed by atoms with van der Waals surface area (Å²) < 4.78 is 0. The molecule has 2 aromatic carbocycles. The molecule has 0 heterocycles. The minimum absolute atomic E-state index is 0.103. The molecule has 2 aromatic rings. The topological polar surface area (TPSA) is 46.2 Å². The highest BCUT2D eigenvalue weighted by atomic mass is 16.2. The lowest BCUT2D eigenvalue weighted by molar-refractivity contribution is -0.119. The summed E-state index contributed by atoms with van der Waals surface area (Å²) in [5, 5.41) is 2.74. The Labute approximate surface area is 125 Å². The van der Waals surface area contributed by atoms with Gasteiger partial charge in [0.1, 0.15) is 6.04 Å². The summed E-state index contributed by atoms with van der Waals surface area (Å²) in [5.41, 5.74) is 3.60. The molecular formula is C18H19NO2. The largest absolute Gasteiger partial charge is 0.342 e. The molecule has 0 saturated carbocycles. The Kier molecular flexibility index (Phi) is 4.53. The van der Waals surface area contributed by atoms with Crippen molar-refractivity contribution in [3.8, 4) is 0 Å². The number of benzene rings is 2. The van der Waals surface area contributed by atoms with Gasteiger partial charge in [-0.2, -0.15) is 0 Å². The molecule has 1 amide bonds. The standard InChI is InChI=1S/C18H19NO2/c1-12-4-8-15(9-5-12)17(19-14(3)20)18(21)16-10-6-13(2)7-11-16/h4-11,17H,1-3H3,(H,19,20). The highest BCUT2D eigenvalue weighted by Crippen LogP contribution is 2.19. The summed E-state index contributed by atoms with van der Waals surface area (Å²) >= 11 is 0. The van der Waals surface area contributed by atoms with Crippen LogP contribution in [-0.4, -0.2) is 11.7 Å². The van der Waals surface area contributed by atoms with Gasteiger partial charge in [0.15, 0.2) is 5.78 Å². The lowest BCUT2D eigenvalue weighted by Gasteiger charge is -2.17. The zero-order valence-electron chi connectivity index (χ0n) is 12.5. The third-order valence-electron chi connectivity index (χ3n) is 3.36. The zero-order chi connectivity index (χ0) is 15.4. The van der Waals surface area contributed by atoms with Crippen molar-refractivity contribution in [3.63, 3.8) is 0 Å². The van der Waals surface area contributed by atoms with E-state index in [1.165, 1.54) is 6.92 Å². The van der Waals surface area contributed by atoms with Crippen molar-refractivity contribution < 1.29 is 9.59 Å². The van der Waals surface area contributed by atoms with Gasteiger partial charge in [-0.05, 0) is 19.4 Å². The number of Topliss-reactive ketones (excluding diaryl/α,β-unsaturated/α-hetero) is 1. The molecule has 1 N–H and O–H groups in total. The molecule has 3 nitrogen and oxygen atoms in total. The molecule has 1 atom stereocenters. The second kappa shape index (κ2) is 6.35. The molecule has 0 spiro atoms. The van der Waals surface area contributed by atoms with Crippen LogP contribution in [0.2, 0.25) is 0 Å². The van der Waals surface area contributed by atoms with E-state index in [-0.39, 0.29) is 11.7 Å².